The number of fused-ring (bicyclic) bond motifs is 1. The molecular formula is C18H16F3N3O2S. The normalized spacial score (nSPS) is 12.9. The number of aryl methyl sites for hydroxylation is 1. The van der Waals surface area contributed by atoms with Gasteiger partial charge in [-0.15, -0.1) is 11.3 Å². The first kappa shape index (κ1) is 19.1. The molecule has 27 heavy (non-hydrogen) atoms. The Morgan fingerprint density at radius 2 is 2.11 bits per heavy atom. The second-order valence-corrected chi connectivity index (χ2v) is 6.94. The van der Waals surface area contributed by atoms with E-state index in [1.165, 1.54) is 34.4 Å². The predicted molar refractivity (Wildman–Crippen MR) is 96.5 cm³/mol. The van der Waals surface area contributed by atoms with E-state index >= 15 is 0 Å². The minimum Gasteiger partial charge on any atom is -0.350 e. The van der Waals surface area contributed by atoms with E-state index in [-0.39, 0.29) is 24.4 Å². The van der Waals surface area contributed by atoms with Crippen LogP contribution in [0.25, 0.3) is 10.2 Å². The SMILES string of the molecule is CC(NC(=O)CCn1cnc2sccc2c1=O)c1cccc(C(F)(F)F)c1. The number of hydrogen-bond acceptors (Lipinski definition) is 4. The van der Waals surface area contributed by atoms with Crippen LogP contribution in [0.4, 0.5) is 13.2 Å². The Kier molecular flexibility index (Phi) is 5.31. The van der Waals surface area contributed by atoms with Crippen molar-refractivity contribution in [2.24, 2.45) is 0 Å². The number of nitrogens with one attached hydrogen (secondary N) is 1. The molecule has 1 N–H and O–H groups in total. The Hall–Kier alpha value is -2.68. The van der Waals surface area contributed by atoms with E-state index < -0.39 is 17.8 Å². The molecule has 142 valence electrons. The lowest BCUT2D eigenvalue weighted by Gasteiger charge is -2.16. The Morgan fingerprint density at radius 1 is 1.33 bits per heavy atom. The van der Waals surface area contributed by atoms with Gasteiger partial charge in [0.2, 0.25) is 5.91 Å². The highest BCUT2D eigenvalue weighted by Gasteiger charge is 2.30. The lowest BCUT2D eigenvalue weighted by molar-refractivity contribution is -0.137. The lowest BCUT2D eigenvalue weighted by Crippen LogP contribution is -2.29. The zero-order valence-electron chi connectivity index (χ0n) is 14.3. The minimum atomic E-state index is -4.44. The fraction of sp³-hybridized carbons (Fsp3) is 0.278. The van der Waals surface area contributed by atoms with Gasteiger partial charge >= 0.3 is 6.18 Å². The number of hydrogen-bond donors (Lipinski definition) is 1. The van der Waals surface area contributed by atoms with E-state index in [1.807, 2.05) is 0 Å². The first-order chi connectivity index (χ1) is 12.8. The van der Waals surface area contributed by atoms with Crippen molar-refractivity contribution in [1.29, 1.82) is 0 Å². The van der Waals surface area contributed by atoms with E-state index in [0.717, 1.165) is 12.1 Å². The third kappa shape index (κ3) is 4.36. The average Bonchev–Trinajstić information content (AvgIpc) is 3.10. The maximum absolute atomic E-state index is 12.8. The average molecular weight is 395 g/mol. The Balaban J connectivity index is 1.63. The molecule has 2 aromatic heterocycles. The molecule has 1 unspecified atom stereocenters. The first-order valence-corrected chi connectivity index (χ1v) is 9.03. The van der Waals surface area contributed by atoms with Gasteiger partial charge in [-0.05, 0) is 36.1 Å². The molecule has 0 aliphatic rings. The second kappa shape index (κ2) is 7.51. The molecular weight excluding hydrogens is 379 g/mol. The van der Waals surface area contributed by atoms with Crippen molar-refractivity contribution in [1.82, 2.24) is 14.9 Å². The Labute approximate surface area is 156 Å². The number of benzene rings is 1. The highest BCUT2D eigenvalue weighted by molar-refractivity contribution is 7.16. The van der Waals surface area contributed by atoms with Gasteiger partial charge in [-0.2, -0.15) is 13.2 Å². The maximum atomic E-state index is 12.8. The van der Waals surface area contributed by atoms with Gasteiger partial charge in [0, 0.05) is 13.0 Å². The number of thiophene rings is 1. The number of amides is 1. The van der Waals surface area contributed by atoms with Crippen molar-refractivity contribution >= 4 is 27.5 Å². The van der Waals surface area contributed by atoms with E-state index in [9.17, 15) is 22.8 Å². The summed E-state index contributed by atoms with van der Waals surface area (Å²) in [5.74, 6) is -0.364. The molecule has 0 saturated heterocycles. The molecule has 0 aliphatic heterocycles. The number of alkyl halides is 3. The van der Waals surface area contributed by atoms with Crippen molar-refractivity contribution in [2.75, 3.05) is 0 Å². The highest BCUT2D eigenvalue weighted by Crippen LogP contribution is 2.30. The van der Waals surface area contributed by atoms with Crippen LogP contribution in [0.3, 0.4) is 0 Å². The molecule has 9 heteroatoms. The van der Waals surface area contributed by atoms with Crippen LogP contribution >= 0.6 is 11.3 Å². The zero-order chi connectivity index (χ0) is 19.6. The molecule has 2 heterocycles. The van der Waals surface area contributed by atoms with Crippen LogP contribution in [0.15, 0.2) is 46.8 Å². The quantitative estimate of drug-likeness (QED) is 0.716. The number of rotatable bonds is 5. The molecule has 0 spiro atoms. The maximum Gasteiger partial charge on any atom is 0.416 e. The topological polar surface area (TPSA) is 64.0 Å². The van der Waals surface area contributed by atoms with Gasteiger partial charge in [-0.25, -0.2) is 4.98 Å². The molecule has 0 bridgehead atoms. The smallest absolute Gasteiger partial charge is 0.350 e. The molecule has 5 nitrogen and oxygen atoms in total. The minimum absolute atomic E-state index is 0.0144. The standard InChI is InChI=1S/C18H16F3N3O2S/c1-11(12-3-2-4-13(9-12)18(19,20)21)23-15(25)5-7-24-10-22-16-14(17(24)26)6-8-27-16/h2-4,6,8-11H,5,7H2,1H3,(H,23,25). The summed E-state index contributed by atoms with van der Waals surface area (Å²) in [6, 6.07) is 5.93. The van der Waals surface area contributed by atoms with Gasteiger partial charge in [-0.1, -0.05) is 12.1 Å². The number of carbonyl (C=O) groups is 1. The van der Waals surface area contributed by atoms with Crippen LogP contribution in [-0.2, 0) is 17.5 Å². The highest BCUT2D eigenvalue weighted by atomic mass is 32.1. The van der Waals surface area contributed by atoms with Crippen molar-refractivity contribution in [2.45, 2.75) is 32.1 Å². The molecule has 0 saturated carbocycles. The summed E-state index contributed by atoms with van der Waals surface area (Å²) < 4.78 is 39.8. The van der Waals surface area contributed by atoms with Crippen molar-refractivity contribution in [3.63, 3.8) is 0 Å². The second-order valence-electron chi connectivity index (χ2n) is 6.04. The number of nitrogens with zero attached hydrogens (tertiary/aromatic N) is 2. The summed E-state index contributed by atoms with van der Waals surface area (Å²) in [7, 11) is 0. The molecule has 1 aromatic carbocycles. The predicted octanol–water partition coefficient (Wildman–Crippen LogP) is 3.74. The third-order valence-corrected chi connectivity index (χ3v) is 4.94. The van der Waals surface area contributed by atoms with Crippen LogP contribution in [0.1, 0.15) is 30.5 Å². The van der Waals surface area contributed by atoms with Gasteiger partial charge in [0.1, 0.15) is 4.83 Å². The Bertz CT molecular complexity index is 1030. The van der Waals surface area contributed by atoms with Crippen molar-refractivity contribution in [3.05, 3.63) is 63.5 Å². The third-order valence-electron chi connectivity index (χ3n) is 4.12. The molecule has 1 amide bonds. The summed E-state index contributed by atoms with van der Waals surface area (Å²) in [6.45, 7) is 1.75. The molecule has 1 atom stereocenters. The van der Waals surface area contributed by atoms with Crippen LogP contribution in [0.2, 0.25) is 0 Å². The monoisotopic (exact) mass is 395 g/mol. The van der Waals surface area contributed by atoms with E-state index in [0.29, 0.717) is 15.8 Å². The fourth-order valence-corrected chi connectivity index (χ4v) is 3.38. The van der Waals surface area contributed by atoms with Crippen molar-refractivity contribution in [3.8, 4) is 0 Å². The van der Waals surface area contributed by atoms with E-state index in [1.54, 1.807) is 18.4 Å². The molecule has 0 fully saturated rings. The van der Waals surface area contributed by atoms with Gasteiger partial charge in [0.15, 0.2) is 0 Å². The molecule has 3 aromatic rings. The van der Waals surface area contributed by atoms with Crippen LogP contribution in [0.5, 0.6) is 0 Å². The van der Waals surface area contributed by atoms with Gasteiger partial charge < -0.3 is 5.32 Å². The summed E-state index contributed by atoms with van der Waals surface area (Å²) in [6.07, 6.45) is -3.03. The van der Waals surface area contributed by atoms with Gasteiger partial charge in [-0.3, -0.25) is 14.2 Å². The number of aromatic nitrogens is 2. The lowest BCUT2D eigenvalue weighted by atomic mass is 10.0. The van der Waals surface area contributed by atoms with E-state index in [2.05, 4.69) is 10.3 Å². The number of carbonyl (C=O) groups excluding carboxylic acids is 1. The first-order valence-electron chi connectivity index (χ1n) is 8.15. The van der Waals surface area contributed by atoms with Gasteiger partial charge in [0.25, 0.3) is 5.56 Å². The zero-order valence-corrected chi connectivity index (χ0v) is 15.1. The molecule has 3 rings (SSSR count). The summed E-state index contributed by atoms with van der Waals surface area (Å²) >= 11 is 1.36. The summed E-state index contributed by atoms with van der Waals surface area (Å²) in [5.41, 5.74) is -0.625. The number of halogens is 3. The van der Waals surface area contributed by atoms with Crippen LogP contribution in [-0.4, -0.2) is 15.5 Å². The fourth-order valence-electron chi connectivity index (χ4n) is 2.66. The summed E-state index contributed by atoms with van der Waals surface area (Å²) in [5, 5.41) is 4.93. The largest absolute Gasteiger partial charge is 0.416 e. The molecule has 0 aliphatic carbocycles. The molecule has 0 radical (unpaired) electrons. The summed E-state index contributed by atoms with van der Waals surface area (Å²) in [4.78, 5) is 29.2. The van der Waals surface area contributed by atoms with Crippen LogP contribution < -0.4 is 10.9 Å². The van der Waals surface area contributed by atoms with Crippen LogP contribution in [0, 0.1) is 0 Å². The van der Waals surface area contributed by atoms with Gasteiger partial charge in [0.05, 0.1) is 23.3 Å². The van der Waals surface area contributed by atoms with Crippen molar-refractivity contribution < 1.29 is 18.0 Å². The Morgan fingerprint density at radius 3 is 2.85 bits per heavy atom. The van der Waals surface area contributed by atoms with E-state index in [4.69, 9.17) is 0 Å².